The predicted octanol–water partition coefficient (Wildman–Crippen LogP) is 1.63. The minimum absolute atomic E-state index is 0.0768. The highest BCUT2D eigenvalue weighted by Crippen LogP contribution is 2.15. The average Bonchev–Trinajstić information content (AvgIpc) is 2.60. The van der Waals surface area contributed by atoms with E-state index in [-0.39, 0.29) is 11.8 Å². The third-order valence-corrected chi connectivity index (χ3v) is 4.42. The normalized spacial score (nSPS) is 16.3. The van der Waals surface area contributed by atoms with Gasteiger partial charge in [0, 0.05) is 39.1 Å². The number of nitrogens with one attached hydrogen (secondary N) is 1. The van der Waals surface area contributed by atoms with Crippen LogP contribution in [-0.2, 0) is 4.79 Å². The Labute approximate surface area is 147 Å². The predicted molar refractivity (Wildman–Crippen MR) is 94.9 cm³/mol. The zero-order chi connectivity index (χ0) is 17.5. The van der Waals surface area contributed by atoms with Crippen molar-refractivity contribution in [3.8, 4) is 12.3 Å². The number of nitrogens with zero attached hydrogens (tertiary/aromatic N) is 2. The Morgan fingerprint density at radius 3 is 2.58 bits per heavy atom. The number of rotatable bonds is 5. The van der Waals surface area contributed by atoms with E-state index in [4.69, 9.17) is 18.0 Å². The molecule has 1 aromatic rings. The van der Waals surface area contributed by atoms with Crippen LogP contribution in [0, 0.1) is 12.3 Å². The van der Waals surface area contributed by atoms with Crippen molar-refractivity contribution in [2.75, 3.05) is 32.7 Å². The van der Waals surface area contributed by atoms with Crippen molar-refractivity contribution in [1.82, 2.24) is 15.1 Å². The molecule has 128 valence electrons. The van der Waals surface area contributed by atoms with Crippen LogP contribution in [0.4, 0.5) is 0 Å². The van der Waals surface area contributed by atoms with Gasteiger partial charge >= 0.3 is 0 Å². The van der Waals surface area contributed by atoms with Crippen molar-refractivity contribution >= 4 is 23.4 Å². The van der Waals surface area contributed by atoms with Crippen LogP contribution in [0.25, 0.3) is 0 Å². The van der Waals surface area contributed by atoms with Gasteiger partial charge in [0.15, 0.2) is 0 Å². The second kappa shape index (κ2) is 8.72. The summed E-state index contributed by atoms with van der Waals surface area (Å²) in [6.07, 6.45) is 6.00. The van der Waals surface area contributed by atoms with Crippen LogP contribution >= 0.6 is 11.6 Å². The summed E-state index contributed by atoms with van der Waals surface area (Å²) in [4.78, 5) is 28.8. The lowest BCUT2D eigenvalue weighted by atomic mass is 10.2. The maximum atomic E-state index is 12.5. The van der Waals surface area contributed by atoms with Gasteiger partial charge in [0.1, 0.15) is 6.04 Å². The van der Waals surface area contributed by atoms with Gasteiger partial charge in [0.2, 0.25) is 5.91 Å². The third-order valence-electron chi connectivity index (χ3n) is 4.09. The molecule has 0 spiro atoms. The van der Waals surface area contributed by atoms with Gasteiger partial charge in [-0.25, -0.2) is 0 Å². The SMILES string of the molecule is C#CCCN1CCN(C(=O)C(C)NC(=O)c2ccccc2Cl)CC1. The number of hydrogen-bond donors (Lipinski definition) is 1. The van der Waals surface area contributed by atoms with Gasteiger partial charge in [-0.2, -0.15) is 0 Å². The fourth-order valence-electron chi connectivity index (χ4n) is 2.67. The molecule has 0 aliphatic carbocycles. The number of hydrogen-bond acceptors (Lipinski definition) is 3. The molecule has 2 amide bonds. The summed E-state index contributed by atoms with van der Waals surface area (Å²) in [6, 6.07) is 6.19. The summed E-state index contributed by atoms with van der Waals surface area (Å²) in [5.41, 5.74) is 0.373. The van der Waals surface area contributed by atoms with Gasteiger partial charge in [-0.3, -0.25) is 14.5 Å². The second-order valence-corrected chi connectivity index (χ2v) is 6.20. The van der Waals surface area contributed by atoms with E-state index >= 15 is 0 Å². The van der Waals surface area contributed by atoms with E-state index in [9.17, 15) is 9.59 Å². The molecule has 0 bridgehead atoms. The molecular weight excluding hydrogens is 326 g/mol. The molecule has 1 fully saturated rings. The molecule has 1 aliphatic rings. The largest absolute Gasteiger partial charge is 0.340 e. The summed E-state index contributed by atoms with van der Waals surface area (Å²) in [5, 5.41) is 3.10. The highest BCUT2D eigenvalue weighted by atomic mass is 35.5. The number of halogens is 1. The van der Waals surface area contributed by atoms with E-state index < -0.39 is 6.04 Å². The number of terminal acetylenes is 1. The minimum Gasteiger partial charge on any atom is -0.340 e. The Bertz CT molecular complexity index is 633. The van der Waals surface area contributed by atoms with Crippen molar-refractivity contribution in [3.63, 3.8) is 0 Å². The maximum Gasteiger partial charge on any atom is 0.253 e. The third kappa shape index (κ3) is 4.73. The topological polar surface area (TPSA) is 52.6 Å². The molecule has 1 atom stereocenters. The summed E-state index contributed by atoms with van der Waals surface area (Å²) < 4.78 is 0. The average molecular weight is 348 g/mol. The van der Waals surface area contributed by atoms with Crippen LogP contribution in [0.15, 0.2) is 24.3 Å². The molecule has 1 heterocycles. The molecule has 1 saturated heterocycles. The summed E-state index contributed by atoms with van der Waals surface area (Å²) in [7, 11) is 0. The highest BCUT2D eigenvalue weighted by molar-refractivity contribution is 6.33. The zero-order valence-corrected chi connectivity index (χ0v) is 14.6. The second-order valence-electron chi connectivity index (χ2n) is 5.80. The Morgan fingerprint density at radius 2 is 1.96 bits per heavy atom. The van der Waals surface area contributed by atoms with Gasteiger partial charge in [0.05, 0.1) is 10.6 Å². The fourth-order valence-corrected chi connectivity index (χ4v) is 2.89. The molecule has 2 rings (SSSR count). The van der Waals surface area contributed by atoms with Crippen LogP contribution < -0.4 is 5.32 Å². The first kappa shape index (κ1) is 18.3. The molecule has 1 aromatic carbocycles. The summed E-state index contributed by atoms with van der Waals surface area (Å²) in [5.74, 6) is 2.21. The molecule has 0 saturated carbocycles. The van der Waals surface area contributed by atoms with Crippen LogP contribution in [0.3, 0.4) is 0 Å². The van der Waals surface area contributed by atoms with E-state index in [2.05, 4.69) is 16.1 Å². The lowest BCUT2D eigenvalue weighted by Crippen LogP contribution is -2.54. The van der Waals surface area contributed by atoms with Gasteiger partial charge in [-0.15, -0.1) is 12.3 Å². The first-order valence-corrected chi connectivity index (χ1v) is 8.40. The van der Waals surface area contributed by atoms with Crippen LogP contribution in [0.2, 0.25) is 5.02 Å². The molecule has 1 N–H and O–H groups in total. The zero-order valence-electron chi connectivity index (χ0n) is 13.8. The molecular formula is C18H22ClN3O2. The van der Waals surface area contributed by atoms with E-state index in [0.29, 0.717) is 23.7 Å². The van der Waals surface area contributed by atoms with E-state index in [1.165, 1.54) is 0 Å². The van der Waals surface area contributed by atoms with Crippen LogP contribution in [-0.4, -0.2) is 60.4 Å². The van der Waals surface area contributed by atoms with E-state index in [1.54, 1.807) is 36.1 Å². The Hall–Kier alpha value is -2.03. The van der Waals surface area contributed by atoms with Gasteiger partial charge in [0.25, 0.3) is 5.91 Å². The molecule has 1 aliphatic heterocycles. The standard InChI is InChI=1S/C18H22ClN3O2/c1-3-4-9-21-10-12-22(13-11-21)18(24)14(2)20-17(23)15-7-5-6-8-16(15)19/h1,5-8,14H,4,9-13H2,2H3,(H,20,23). The van der Waals surface area contributed by atoms with Crippen molar-refractivity contribution in [2.24, 2.45) is 0 Å². The molecule has 6 heteroatoms. The lowest BCUT2D eigenvalue weighted by molar-refractivity contribution is -0.134. The van der Waals surface area contributed by atoms with Crippen molar-refractivity contribution in [2.45, 2.75) is 19.4 Å². The van der Waals surface area contributed by atoms with E-state index in [1.807, 2.05) is 0 Å². The molecule has 5 nitrogen and oxygen atoms in total. The van der Waals surface area contributed by atoms with Crippen molar-refractivity contribution in [3.05, 3.63) is 34.9 Å². The molecule has 24 heavy (non-hydrogen) atoms. The van der Waals surface area contributed by atoms with Crippen molar-refractivity contribution in [1.29, 1.82) is 0 Å². The van der Waals surface area contributed by atoms with Crippen LogP contribution in [0.1, 0.15) is 23.7 Å². The number of benzene rings is 1. The molecule has 0 radical (unpaired) electrons. The first-order chi connectivity index (χ1) is 11.5. The quantitative estimate of drug-likeness (QED) is 0.824. The number of amides is 2. The maximum absolute atomic E-state index is 12.5. The number of carbonyl (C=O) groups excluding carboxylic acids is 2. The lowest BCUT2D eigenvalue weighted by Gasteiger charge is -2.35. The number of carbonyl (C=O) groups is 2. The summed E-state index contributed by atoms with van der Waals surface area (Å²) >= 11 is 6.01. The monoisotopic (exact) mass is 347 g/mol. The number of piperazine rings is 1. The first-order valence-electron chi connectivity index (χ1n) is 8.03. The van der Waals surface area contributed by atoms with Crippen molar-refractivity contribution < 1.29 is 9.59 Å². The minimum atomic E-state index is -0.592. The van der Waals surface area contributed by atoms with E-state index in [0.717, 1.165) is 26.1 Å². The Morgan fingerprint density at radius 1 is 1.29 bits per heavy atom. The molecule has 1 unspecified atom stereocenters. The van der Waals surface area contributed by atoms with Gasteiger partial charge < -0.3 is 10.2 Å². The fraction of sp³-hybridized carbons (Fsp3) is 0.444. The highest BCUT2D eigenvalue weighted by Gasteiger charge is 2.26. The van der Waals surface area contributed by atoms with Gasteiger partial charge in [-0.1, -0.05) is 23.7 Å². The Balaban J connectivity index is 1.86. The van der Waals surface area contributed by atoms with Gasteiger partial charge in [-0.05, 0) is 19.1 Å². The smallest absolute Gasteiger partial charge is 0.253 e. The van der Waals surface area contributed by atoms with Crippen LogP contribution in [0.5, 0.6) is 0 Å². The Kier molecular flexibility index (Phi) is 6.65. The summed E-state index contributed by atoms with van der Waals surface area (Å²) in [6.45, 7) is 5.46. The molecule has 0 aromatic heterocycles.